The minimum absolute atomic E-state index is 0.140. The maximum atomic E-state index is 12.4. The van der Waals surface area contributed by atoms with Crippen molar-refractivity contribution in [3.05, 3.63) is 48.0 Å². The number of benzene rings is 2. The van der Waals surface area contributed by atoms with Gasteiger partial charge in [0.2, 0.25) is 11.8 Å². The second-order valence-electron chi connectivity index (χ2n) is 8.76. The number of hydrogen-bond donors (Lipinski definition) is 2. The van der Waals surface area contributed by atoms with E-state index in [0.717, 1.165) is 16.3 Å². The molecule has 5 heteroatoms. The highest BCUT2D eigenvalue weighted by Gasteiger charge is 2.33. The maximum Gasteiger partial charge on any atom is 0.240 e. The molecule has 28 heavy (non-hydrogen) atoms. The van der Waals surface area contributed by atoms with E-state index in [4.69, 9.17) is 5.73 Å². The fourth-order valence-electron chi connectivity index (χ4n) is 2.56. The Morgan fingerprint density at radius 2 is 1.75 bits per heavy atom. The summed E-state index contributed by atoms with van der Waals surface area (Å²) in [5, 5.41) is 5.09. The van der Waals surface area contributed by atoms with Gasteiger partial charge in [0.25, 0.3) is 0 Å². The van der Waals surface area contributed by atoms with Gasteiger partial charge in [-0.15, -0.1) is 11.5 Å². The minimum atomic E-state index is -1.76. The van der Waals surface area contributed by atoms with Gasteiger partial charge in [-0.3, -0.25) is 9.59 Å². The Kier molecular flexibility index (Phi) is 6.68. The molecule has 2 aromatic rings. The van der Waals surface area contributed by atoms with Crippen LogP contribution in [-0.4, -0.2) is 25.9 Å². The van der Waals surface area contributed by atoms with Crippen molar-refractivity contribution in [2.45, 2.75) is 57.8 Å². The smallest absolute Gasteiger partial charge is 0.240 e. The first-order valence-electron chi connectivity index (χ1n) is 9.56. The van der Waals surface area contributed by atoms with Gasteiger partial charge in [0, 0.05) is 6.42 Å². The molecule has 2 rings (SSSR count). The monoisotopic (exact) mass is 394 g/mol. The number of primary amides is 1. The largest absolute Gasteiger partial charge is 0.368 e. The molecule has 0 unspecified atom stereocenters. The normalized spacial score (nSPS) is 12.8. The summed E-state index contributed by atoms with van der Waals surface area (Å²) in [5.41, 5.74) is 9.73. The number of nitrogens with two attached hydrogens (primary N) is 1. The lowest BCUT2D eigenvalue weighted by Crippen LogP contribution is -2.45. The number of hydrogen-bond acceptors (Lipinski definition) is 2. The van der Waals surface area contributed by atoms with Crippen LogP contribution in [0.15, 0.2) is 42.5 Å². The van der Waals surface area contributed by atoms with Crippen LogP contribution in [0.25, 0.3) is 10.8 Å². The van der Waals surface area contributed by atoms with E-state index in [2.05, 4.69) is 50.6 Å². The van der Waals surface area contributed by atoms with Crippen molar-refractivity contribution in [3.63, 3.8) is 0 Å². The van der Waals surface area contributed by atoms with Crippen LogP contribution in [0.3, 0.4) is 0 Å². The van der Waals surface area contributed by atoms with E-state index < -0.39 is 20.0 Å². The van der Waals surface area contributed by atoms with E-state index in [-0.39, 0.29) is 23.8 Å². The SMILES string of the molecule is CC(C)(C)[Si](C)(C)C#CC[C@H](NC(=O)Cc1ccc2ccccc2c1)C(N)=O. The molecule has 0 aromatic heterocycles. The van der Waals surface area contributed by atoms with Crippen LogP contribution in [-0.2, 0) is 16.0 Å². The fourth-order valence-corrected chi connectivity index (χ4v) is 3.48. The molecule has 0 aliphatic heterocycles. The first kappa shape index (κ1) is 21.7. The van der Waals surface area contributed by atoms with Crippen LogP contribution in [0.5, 0.6) is 0 Å². The lowest BCUT2D eigenvalue weighted by molar-refractivity contribution is -0.126. The van der Waals surface area contributed by atoms with Crippen molar-refractivity contribution in [3.8, 4) is 11.5 Å². The molecule has 0 fully saturated rings. The van der Waals surface area contributed by atoms with Gasteiger partial charge in [-0.05, 0) is 21.4 Å². The number of nitrogens with one attached hydrogen (secondary N) is 1. The van der Waals surface area contributed by atoms with Crippen LogP contribution in [0.2, 0.25) is 18.1 Å². The van der Waals surface area contributed by atoms with Gasteiger partial charge >= 0.3 is 0 Å². The molecule has 2 aromatic carbocycles. The summed E-state index contributed by atoms with van der Waals surface area (Å²) < 4.78 is 0. The van der Waals surface area contributed by atoms with E-state index in [1.165, 1.54) is 0 Å². The van der Waals surface area contributed by atoms with Crippen LogP contribution in [0.1, 0.15) is 32.8 Å². The molecule has 2 amide bonds. The minimum Gasteiger partial charge on any atom is -0.368 e. The molecule has 4 nitrogen and oxygen atoms in total. The molecule has 3 N–H and O–H groups in total. The zero-order valence-electron chi connectivity index (χ0n) is 17.4. The summed E-state index contributed by atoms with van der Waals surface area (Å²) in [7, 11) is -1.76. The third kappa shape index (κ3) is 5.70. The zero-order chi connectivity index (χ0) is 20.9. The molecule has 0 radical (unpaired) electrons. The van der Waals surface area contributed by atoms with Crippen molar-refractivity contribution in [2.75, 3.05) is 0 Å². The third-order valence-electron chi connectivity index (χ3n) is 5.44. The van der Waals surface area contributed by atoms with Crippen molar-refractivity contribution in [1.82, 2.24) is 5.32 Å². The Morgan fingerprint density at radius 3 is 2.36 bits per heavy atom. The Balaban J connectivity index is 2.03. The summed E-state index contributed by atoms with van der Waals surface area (Å²) in [6.07, 6.45) is 0.440. The van der Waals surface area contributed by atoms with E-state index in [9.17, 15) is 9.59 Å². The Morgan fingerprint density at radius 1 is 1.11 bits per heavy atom. The molecular weight excluding hydrogens is 364 g/mol. The van der Waals surface area contributed by atoms with Crippen LogP contribution >= 0.6 is 0 Å². The highest BCUT2D eigenvalue weighted by Crippen LogP contribution is 2.35. The Bertz CT molecular complexity index is 933. The average molecular weight is 395 g/mol. The van der Waals surface area contributed by atoms with Crippen molar-refractivity contribution >= 4 is 30.7 Å². The van der Waals surface area contributed by atoms with Gasteiger partial charge in [0.05, 0.1) is 6.42 Å². The van der Waals surface area contributed by atoms with Gasteiger partial charge in [-0.1, -0.05) is 76.3 Å². The molecule has 0 heterocycles. The Hall–Kier alpha value is -2.58. The number of carbonyl (C=O) groups excluding carboxylic acids is 2. The van der Waals surface area contributed by atoms with E-state index >= 15 is 0 Å². The molecule has 0 aliphatic carbocycles. The summed E-state index contributed by atoms with van der Waals surface area (Å²) >= 11 is 0. The molecule has 0 saturated heterocycles. The number of amides is 2. The quantitative estimate of drug-likeness (QED) is 0.598. The summed E-state index contributed by atoms with van der Waals surface area (Å²) in [6.45, 7) is 11.0. The lowest BCUT2D eigenvalue weighted by Gasteiger charge is -2.31. The molecule has 0 aliphatic rings. The molecule has 0 bridgehead atoms. The maximum absolute atomic E-state index is 12.4. The number of carbonyl (C=O) groups is 2. The first-order chi connectivity index (χ1) is 13.0. The molecule has 148 valence electrons. The van der Waals surface area contributed by atoms with Crippen LogP contribution in [0.4, 0.5) is 0 Å². The highest BCUT2D eigenvalue weighted by molar-refractivity contribution is 6.87. The third-order valence-corrected chi connectivity index (χ3v) is 9.99. The first-order valence-corrected chi connectivity index (χ1v) is 12.6. The lowest BCUT2D eigenvalue weighted by atomic mass is 10.0. The molecule has 1 atom stereocenters. The summed E-state index contributed by atoms with van der Waals surface area (Å²) in [4.78, 5) is 24.2. The van der Waals surface area contributed by atoms with Gasteiger partial charge in [-0.25, -0.2) is 0 Å². The summed E-state index contributed by atoms with van der Waals surface area (Å²) in [6, 6.07) is 13.1. The standard InChI is InChI=1S/C23H30N2O2Si/c1-23(2,3)28(4,5)14-8-11-20(22(24)27)25-21(26)16-17-12-13-18-9-6-7-10-19(18)15-17/h6-7,9-10,12-13,15,20H,11,16H2,1-5H3,(H2,24,27)(H,25,26)/t20-/m0/s1. The predicted molar refractivity (Wildman–Crippen MR) is 118 cm³/mol. The average Bonchev–Trinajstić information content (AvgIpc) is 2.59. The van der Waals surface area contributed by atoms with E-state index in [1.807, 2.05) is 42.5 Å². The van der Waals surface area contributed by atoms with Crippen LogP contribution < -0.4 is 11.1 Å². The van der Waals surface area contributed by atoms with E-state index in [0.29, 0.717) is 0 Å². The Labute approximate surface area is 168 Å². The van der Waals surface area contributed by atoms with Crippen molar-refractivity contribution in [2.24, 2.45) is 5.73 Å². The predicted octanol–water partition coefficient (Wildman–Crippen LogP) is 3.79. The van der Waals surface area contributed by atoms with Crippen LogP contribution in [0, 0.1) is 11.5 Å². The second-order valence-corrected chi connectivity index (χ2v) is 13.8. The molecule has 0 saturated carbocycles. The number of rotatable bonds is 5. The van der Waals surface area contributed by atoms with Crippen molar-refractivity contribution < 1.29 is 9.59 Å². The van der Waals surface area contributed by atoms with Gasteiger partial charge in [0.1, 0.15) is 14.1 Å². The van der Waals surface area contributed by atoms with Gasteiger partial charge < -0.3 is 11.1 Å². The van der Waals surface area contributed by atoms with Gasteiger partial charge in [0.15, 0.2) is 0 Å². The topological polar surface area (TPSA) is 72.2 Å². The molecule has 0 spiro atoms. The highest BCUT2D eigenvalue weighted by atomic mass is 28.3. The van der Waals surface area contributed by atoms with Gasteiger partial charge in [-0.2, -0.15) is 0 Å². The number of fused-ring (bicyclic) bond motifs is 1. The van der Waals surface area contributed by atoms with Crippen molar-refractivity contribution in [1.29, 1.82) is 0 Å². The summed E-state index contributed by atoms with van der Waals surface area (Å²) in [5.74, 6) is 2.32. The second kappa shape index (κ2) is 8.62. The fraction of sp³-hybridized carbons (Fsp3) is 0.391. The zero-order valence-corrected chi connectivity index (χ0v) is 18.4. The van der Waals surface area contributed by atoms with E-state index in [1.54, 1.807) is 0 Å². The molecular formula is C23H30N2O2Si.